The molecule has 1 amide bonds. The van der Waals surface area contributed by atoms with Crippen molar-refractivity contribution in [3.05, 3.63) is 57.5 Å². The molecule has 0 heterocycles. The molecule has 0 aliphatic heterocycles. The summed E-state index contributed by atoms with van der Waals surface area (Å²) in [7, 11) is 1.58. The van der Waals surface area contributed by atoms with E-state index in [1.54, 1.807) is 43.5 Å². The van der Waals surface area contributed by atoms with Crippen LogP contribution in [0.15, 0.2) is 46.9 Å². The average Bonchev–Trinajstić information content (AvgIpc) is 2.42. The summed E-state index contributed by atoms with van der Waals surface area (Å²) in [5.74, 6) is 0.415. The molecular weight excluding hydrogens is 330 g/mol. The highest BCUT2D eigenvalue weighted by Gasteiger charge is 2.12. The molecule has 2 rings (SSSR count). The van der Waals surface area contributed by atoms with Gasteiger partial charge in [-0.05, 0) is 40.2 Å². The third-order valence-electron chi connectivity index (χ3n) is 2.52. The molecule has 0 unspecified atom stereocenters. The highest BCUT2D eigenvalue weighted by Crippen LogP contribution is 2.27. The molecule has 0 bridgehead atoms. The second-order valence-electron chi connectivity index (χ2n) is 3.79. The Morgan fingerprint density at radius 2 is 2.00 bits per heavy atom. The SMILES string of the molecule is COc1cccc(NC(=O)c2cccc(Br)c2Cl)c1. The number of rotatable bonds is 3. The van der Waals surface area contributed by atoms with E-state index in [1.807, 2.05) is 6.07 Å². The number of hydrogen-bond donors (Lipinski definition) is 1. The summed E-state index contributed by atoms with van der Waals surface area (Å²) < 4.78 is 5.79. The highest BCUT2D eigenvalue weighted by molar-refractivity contribution is 9.10. The molecule has 1 N–H and O–H groups in total. The maximum absolute atomic E-state index is 12.1. The summed E-state index contributed by atoms with van der Waals surface area (Å²) >= 11 is 9.37. The van der Waals surface area contributed by atoms with E-state index in [2.05, 4.69) is 21.2 Å². The van der Waals surface area contributed by atoms with Crippen molar-refractivity contribution in [2.45, 2.75) is 0 Å². The van der Waals surface area contributed by atoms with Gasteiger partial charge in [-0.25, -0.2) is 0 Å². The Hall–Kier alpha value is -1.52. The van der Waals surface area contributed by atoms with Crippen LogP contribution in [-0.2, 0) is 0 Å². The fourth-order valence-electron chi connectivity index (χ4n) is 1.58. The molecular formula is C14H11BrClNO2. The zero-order chi connectivity index (χ0) is 13.8. The van der Waals surface area contributed by atoms with Crippen LogP contribution in [0.25, 0.3) is 0 Å². The largest absolute Gasteiger partial charge is 0.497 e. The summed E-state index contributed by atoms with van der Waals surface area (Å²) in [5.41, 5.74) is 1.07. The molecule has 98 valence electrons. The van der Waals surface area contributed by atoms with Crippen LogP contribution in [0, 0.1) is 0 Å². The quantitative estimate of drug-likeness (QED) is 0.901. The number of nitrogens with one attached hydrogen (secondary N) is 1. The monoisotopic (exact) mass is 339 g/mol. The van der Waals surface area contributed by atoms with E-state index < -0.39 is 0 Å². The number of carbonyl (C=O) groups is 1. The van der Waals surface area contributed by atoms with Crippen LogP contribution in [0.1, 0.15) is 10.4 Å². The number of carbonyl (C=O) groups excluding carboxylic acids is 1. The highest BCUT2D eigenvalue weighted by atomic mass is 79.9. The van der Waals surface area contributed by atoms with Gasteiger partial charge in [0, 0.05) is 16.2 Å². The molecule has 0 aliphatic carbocycles. The number of ether oxygens (including phenoxy) is 1. The van der Waals surface area contributed by atoms with E-state index in [0.717, 1.165) is 0 Å². The average molecular weight is 341 g/mol. The van der Waals surface area contributed by atoms with Gasteiger partial charge in [-0.2, -0.15) is 0 Å². The van der Waals surface area contributed by atoms with Gasteiger partial charge in [0.2, 0.25) is 0 Å². The van der Waals surface area contributed by atoms with Crippen molar-refractivity contribution < 1.29 is 9.53 Å². The van der Waals surface area contributed by atoms with E-state index in [-0.39, 0.29) is 5.91 Å². The number of anilines is 1. The second kappa shape index (κ2) is 6.08. The Morgan fingerprint density at radius 3 is 2.74 bits per heavy atom. The Labute approximate surface area is 124 Å². The van der Waals surface area contributed by atoms with Crippen molar-refractivity contribution in [2.75, 3.05) is 12.4 Å². The van der Waals surface area contributed by atoms with Gasteiger partial charge in [0.1, 0.15) is 5.75 Å². The van der Waals surface area contributed by atoms with Crippen LogP contribution in [-0.4, -0.2) is 13.0 Å². The number of hydrogen-bond acceptors (Lipinski definition) is 2. The van der Waals surface area contributed by atoms with Gasteiger partial charge in [0.05, 0.1) is 17.7 Å². The standard InChI is InChI=1S/C14H11BrClNO2/c1-19-10-5-2-4-9(8-10)17-14(18)11-6-3-7-12(15)13(11)16/h2-8H,1H3,(H,17,18). The van der Waals surface area contributed by atoms with Crippen molar-refractivity contribution in [1.29, 1.82) is 0 Å². The molecule has 0 atom stereocenters. The molecule has 2 aromatic rings. The maximum atomic E-state index is 12.1. The number of halogens is 2. The Kier molecular flexibility index (Phi) is 4.45. The first-order valence-corrected chi connectivity index (χ1v) is 6.68. The zero-order valence-corrected chi connectivity index (χ0v) is 12.5. The van der Waals surface area contributed by atoms with Crippen molar-refractivity contribution in [3.63, 3.8) is 0 Å². The molecule has 0 radical (unpaired) electrons. The Morgan fingerprint density at radius 1 is 1.26 bits per heavy atom. The van der Waals surface area contributed by atoms with Gasteiger partial charge in [-0.3, -0.25) is 4.79 Å². The zero-order valence-electron chi connectivity index (χ0n) is 10.1. The van der Waals surface area contributed by atoms with E-state index in [9.17, 15) is 4.79 Å². The van der Waals surface area contributed by atoms with Crippen molar-refractivity contribution in [3.8, 4) is 5.75 Å². The van der Waals surface area contributed by atoms with E-state index in [1.165, 1.54) is 0 Å². The normalized spacial score (nSPS) is 10.1. The van der Waals surface area contributed by atoms with Crippen LogP contribution in [0.3, 0.4) is 0 Å². The van der Waals surface area contributed by atoms with Crippen LogP contribution < -0.4 is 10.1 Å². The first kappa shape index (κ1) is 13.9. The van der Waals surface area contributed by atoms with E-state index in [0.29, 0.717) is 26.5 Å². The number of methoxy groups -OCH3 is 1. The minimum atomic E-state index is -0.264. The summed E-state index contributed by atoms with van der Waals surface area (Å²) in [4.78, 5) is 12.1. The first-order chi connectivity index (χ1) is 9.11. The molecule has 2 aromatic carbocycles. The second-order valence-corrected chi connectivity index (χ2v) is 5.02. The van der Waals surface area contributed by atoms with Gasteiger partial charge in [0.25, 0.3) is 5.91 Å². The van der Waals surface area contributed by atoms with Crippen molar-refractivity contribution >= 4 is 39.1 Å². The summed E-state index contributed by atoms with van der Waals surface area (Å²) in [6.45, 7) is 0. The summed E-state index contributed by atoms with van der Waals surface area (Å²) in [6.07, 6.45) is 0. The van der Waals surface area contributed by atoms with Gasteiger partial charge < -0.3 is 10.1 Å². The van der Waals surface area contributed by atoms with E-state index >= 15 is 0 Å². The number of amides is 1. The molecule has 0 fully saturated rings. The minimum absolute atomic E-state index is 0.264. The predicted octanol–water partition coefficient (Wildman–Crippen LogP) is 4.36. The van der Waals surface area contributed by atoms with Crippen molar-refractivity contribution in [2.24, 2.45) is 0 Å². The first-order valence-electron chi connectivity index (χ1n) is 5.51. The van der Waals surface area contributed by atoms with Crippen LogP contribution in [0.4, 0.5) is 5.69 Å². The smallest absolute Gasteiger partial charge is 0.257 e. The third-order valence-corrected chi connectivity index (χ3v) is 3.82. The minimum Gasteiger partial charge on any atom is -0.497 e. The summed E-state index contributed by atoms with van der Waals surface area (Å²) in [6, 6.07) is 12.3. The fourth-order valence-corrected chi connectivity index (χ4v) is 2.16. The van der Waals surface area contributed by atoms with Gasteiger partial charge in [-0.1, -0.05) is 23.7 Å². The Balaban J connectivity index is 2.23. The molecule has 0 aliphatic rings. The lowest BCUT2D eigenvalue weighted by Crippen LogP contribution is -2.12. The molecule has 5 heteroatoms. The van der Waals surface area contributed by atoms with Gasteiger partial charge in [0.15, 0.2) is 0 Å². The van der Waals surface area contributed by atoms with Crippen molar-refractivity contribution in [1.82, 2.24) is 0 Å². The van der Waals surface area contributed by atoms with Crippen LogP contribution in [0.2, 0.25) is 5.02 Å². The third kappa shape index (κ3) is 3.28. The maximum Gasteiger partial charge on any atom is 0.257 e. The van der Waals surface area contributed by atoms with Gasteiger partial charge >= 0.3 is 0 Å². The molecule has 0 spiro atoms. The van der Waals surface area contributed by atoms with Crippen LogP contribution in [0.5, 0.6) is 5.75 Å². The van der Waals surface area contributed by atoms with Crippen LogP contribution >= 0.6 is 27.5 Å². The molecule has 0 aromatic heterocycles. The number of benzene rings is 2. The molecule has 0 saturated carbocycles. The summed E-state index contributed by atoms with van der Waals surface area (Å²) in [5, 5.41) is 3.17. The lowest BCUT2D eigenvalue weighted by Gasteiger charge is -2.08. The van der Waals surface area contributed by atoms with Gasteiger partial charge in [-0.15, -0.1) is 0 Å². The lowest BCUT2D eigenvalue weighted by molar-refractivity contribution is 0.102. The fraction of sp³-hybridized carbons (Fsp3) is 0.0714. The topological polar surface area (TPSA) is 38.3 Å². The Bertz CT molecular complexity index is 616. The molecule has 19 heavy (non-hydrogen) atoms. The lowest BCUT2D eigenvalue weighted by atomic mass is 10.2. The predicted molar refractivity (Wildman–Crippen MR) is 80.1 cm³/mol. The molecule has 3 nitrogen and oxygen atoms in total. The molecule has 0 saturated heterocycles. The van der Waals surface area contributed by atoms with E-state index in [4.69, 9.17) is 16.3 Å².